The average molecular weight is 228 g/mol. The summed E-state index contributed by atoms with van der Waals surface area (Å²) in [6, 6.07) is 0.448. The standard InChI is InChI=1S/C11H20N2OS/c14-11(13-10-3-6-15-8-10)7-9-1-4-12-5-2-9/h9-10,12H,1-8H2,(H,13,14). The van der Waals surface area contributed by atoms with E-state index >= 15 is 0 Å². The first-order valence-electron chi connectivity index (χ1n) is 5.92. The lowest BCUT2D eigenvalue weighted by Gasteiger charge is -2.22. The van der Waals surface area contributed by atoms with Gasteiger partial charge in [0.15, 0.2) is 0 Å². The topological polar surface area (TPSA) is 41.1 Å². The van der Waals surface area contributed by atoms with Crippen LogP contribution in [-0.4, -0.2) is 36.5 Å². The van der Waals surface area contributed by atoms with Crippen molar-refractivity contribution in [1.82, 2.24) is 10.6 Å². The second kappa shape index (κ2) is 5.75. The monoisotopic (exact) mass is 228 g/mol. The molecule has 2 heterocycles. The SMILES string of the molecule is O=C(CC1CCNCC1)NC1CCSC1. The molecule has 0 bridgehead atoms. The minimum atomic E-state index is 0.273. The van der Waals surface area contributed by atoms with Gasteiger partial charge in [0, 0.05) is 18.2 Å². The summed E-state index contributed by atoms with van der Waals surface area (Å²) in [6.07, 6.45) is 4.21. The Bertz CT molecular complexity index is 211. The number of thioether (sulfide) groups is 1. The lowest BCUT2D eigenvalue weighted by Crippen LogP contribution is -2.37. The summed E-state index contributed by atoms with van der Waals surface area (Å²) >= 11 is 1.95. The van der Waals surface area contributed by atoms with Gasteiger partial charge in [0.25, 0.3) is 0 Å². The van der Waals surface area contributed by atoms with E-state index in [2.05, 4.69) is 10.6 Å². The molecule has 0 aromatic rings. The minimum absolute atomic E-state index is 0.273. The molecule has 2 aliphatic heterocycles. The second-order valence-electron chi connectivity index (χ2n) is 4.53. The zero-order valence-electron chi connectivity index (χ0n) is 9.13. The Labute approximate surface area is 95.8 Å². The predicted octanol–water partition coefficient (Wildman–Crippen LogP) is 0.998. The summed E-state index contributed by atoms with van der Waals surface area (Å²) in [5, 5.41) is 6.47. The van der Waals surface area contributed by atoms with Gasteiger partial charge in [-0.2, -0.15) is 11.8 Å². The molecule has 0 aromatic carbocycles. The molecule has 2 rings (SSSR count). The first-order chi connectivity index (χ1) is 7.34. The van der Waals surface area contributed by atoms with Crippen molar-refractivity contribution < 1.29 is 4.79 Å². The first kappa shape index (κ1) is 11.3. The number of hydrogen-bond acceptors (Lipinski definition) is 3. The molecule has 2 fully saturated rings. The summed E-state index contributed by atoms with van der Waals surface area (Å²) in [4.78, 5) is 11.7. The summed E-state index contributed by atoms with van der Waals surface area (Å²) in [5.41, 5.74) is 0. The van der Waals surface area contributed by atoms with Crippen molar-refractivity contribution in [2.24, 2.45) is 5.92 Å². The third-order valence-electron chi connectivity index (χ3n) is 3.23. The Morgan fingerprint density at radius 2 is 2.13 bits per heavy atom. The van der Waals surface area contributed by atoms with Gasteiger partial charge >= 0.3 is 0 Å². The molecule has 1 amide bonds. The number of carbonyl (C=O) groups excluding carboxylic acids is 1. The number of carbonyl (C=O) groups is 1. The van der Waals surface area contributed by atoms with Crippen molar-refractivity contribution in [2.45, 2.75) is 31.7 Å². The molecule has 4 heteroatoms. The molecule has 1 unspecified atom stereocenters. The Balaban J connectivity index is 1.66. The average Bonchev–Trinajstić information content (AvgIpc) is 2.71. The van der Waals surface area contributed by atoms with Crippen LogP contribution in [0.1, 0.15) is 25.7 Å². The van der Waals surface area contributed by atoms with Crippen molar-refractivity contribution >= 4 is 17.7 Å². The third kappa shape index (κ3) is 3.68. The van der Waals surface area contributed by atoms with E-state index in [1.807, 2.05) is 11.8 Å². The van der Waals surface area contributed by atoms with E-state index < -0.39 is 0 Å². The molecular formula is C11H20N2OS. The lowest BCUT2D eigenvalue weighted by atomic mass is 9.94. The summed E-state index contributed by atoms with van der Waals surface area (Å²) in [7, 11) is 0. The molecule has 0 saturated carbocycles. The fourth-order valence-corrected chi connectivity index (χ4v) is 3.44. The molecule has 15 heavy (non-hydrogen) atoms. The lowest BCUT2D eigenvalue weighted by molar-refractivity contribution is -0.122. The Morgan fingerprint density at radius 1 is 1.33 bits per heavy atom. The Kier molecular flexibility index (Phi) is 4.32. The van der Waals surface area contributed by atoms with Crippen LogP contribution in [0, 0.1) is 5.92 Å². The molecule has 0 radical (unpaired) electrons. The van der Waals surface area contributed by atoms with Crippen molar-refractivity contribution in [3.63, 3.8) is 0 Å². The summed E-state index contributed by atoms with van der Waals surface area (Å²) < 4.78 is 0. The molecule has 2 saturated heterocycles. The van der Waals surface area contributed by atoms with Crippen LogP contribution in [-0.2, 0) is 4.79 Å². The number of amides is 1. The van der Waals surface area contributed by atoms with Gasteiger partial charge in [-0.1, -0.05) is 0 Å². The highest BCUT2D eigenvalue weighted by Gasteiger charge is 2.21. The molecule has 3 nitrogen and oxygen atoms in total. The maximum Gasteiger partial charge on any atom is 0.220 e. The maximum absolute atomic E-state index is 11.7. The van der Waals surface area contributed by atoms with Gasteiger partial charge in [0.2, 0.25) is 5.91 Å². The van der Waals surface area contributed by atoms with Crippen LogP contribution in [0.25, 0.3) is 0 Å². The highest BCUT2D eigenvalue weighted by Crippen LogP contribution is 2.19. The van der Waals surface area contributed by atoms with E-state index in [0.717, 1.165) is 44.5 Å². The van der Waals surface area contributed by atoms with Crippen LogP contribution >= 0.6 is 11.8 Å². The Hall–Kier alpha value is -0.220. The Morgan fingerprint density at radius 3 is 2.80 bits per heavy atom. The number of rotatable bonds is 3. The first-order valence-corrected chi connectivity index (χ1v) is 7.08. The third-order valence-corrected chi connectivity index (χ3v) is 4.39. The highest BCUT2D eigenvalue weighted by molar-refractivity contribution is 7.99. The van der Waals surface area contributed by atoms with Crippen molar-refractivity contribution in [3.05, 3.63) is 0 Å². The van der Waals surface area contributed by atoms with Crippen LogP contribution in [0.2, 0.25) is 0 Å². The molecular weight excluding hydrogens is 208 g/mol. The molecule has 0 aromatic heterocycles. The zero-order chi connectivity index (χ0) is 10.5. The van der Waals surface area contributed by atoms with Crippen LogP contribution in [0.5, 0.6) is 0 Å². The second-order valence-corrected chi connectivity index (χ2v) is 5.68. The maximum atomic E-state index is 11.7. The summed E-state index contributed by atoms with van der Waals surface area (Å²) in [5.74, 6) is 3.20. The van der Waals surface area contributed by atoms with Gasteiger partial charge in [-0.3, -0.25) is 4.79 Å². The van der Waals surface area contributed by atoms with Gasteiger partial charge in [-0.15, -0.1) is 0 Å². The van der Waals surface area contributed by atoms with Gasteiger partial charge in [-0.05, 0) is 44.0 Å². The van der Waals surface area contributed by atoms with E-state index in [9.17, 15) is 4.79 Å². The highest BCUT2D eigenvalue weighted by atomic mass is 32.2. The van der Waals surface area contributed by atoms with E-state index in [4.69, 9.17) is 0 Å². The zero-order valence-corrected chi connectivity index (χ0v) is 9.94. The number of hydrogen-bond donors (Lipinski definition) is 2. The largest absolute Gasteiger partial charge is 0.353 e. The molecule has 1 atom stereocenters. The van der Waals surface area contributed by atoms with E-state index in [-0.39, 0.29) is 5.91 Å². The molecule has 2 N–H and O–H groups in total. The summed E-state index contributed by atoms with van der Waals surface area (Å²) in [6.45, 7) is 2.16. The van der Waals surface area contributed by atoms with Crippen molar-refractivity contribution in [2.75, 3.05) is 24.6 Å². The van der Waals surface area contributed by atoms with Crippen molar-refractivity contribution in [1.29, 1.82) is 0 Å². The van der Waals surface area contributed by atoms with Gasteiger partial charge in [-0.25, -0.2) is 0 Å². The van der Waals surface area contributed by atoms with Crippen LogP contribution in [0.3, 0.4) is 0 Å². The number of nitrogens with one attached hydrogen (secondary N) is 2. The van der Waals surface area contributed by atoms with Crippen LogP contribution < -0.4 is 10.6 Å². The predicted molar refractivity (Wildman–Crippen MR) is 64.1 cm³/mol. The normalized spacial score (nSPS) is 27.9. The minimum Gasteiger partial charge on any atom is -0.353 e. The van der Waals surface area contributed by atoms with Crippen molar-refractivity contribution in [3.8, 4) is 0 Å². The fourth-order valence-electron chi connectivity index (χ4n) is 2.28. The molecule has 86 valence electrons. The van der Waals surface area contributed by atoms with E-state index in [0.29, 0.717) is 12.0 Å². The van der Waals surface area contributed by atoms with E-state index in [1.54, 1.807) is 0 Å². The smallest absolute Gasteiger partial charge is 0.220 e. The van der Waals surface area contributed by atoms with Gasteiger partial charge in [0.05, 0.1) is 0 Å². The quantitative estimate of drug-likeness (QED) is 0.757. The fraction of sp³-hybridized carbons (Fsp3) is 0.909. The van der Waals surface area contributed by atoms with Gasteiger partial charge < -0.3 is 10.6 Å². The molecule has 2 aliphatic rings. The van der Waals surface area contributed by atoms with Crippen LogP contribution in [0.15, 0.2) is 0 Å². The molecule has 0 aliphatic carbocycles. The number of piperidine rings is 1. The molecule has 0 spiro atoms. The van der Waals surface area contributed by atoms with Gasteiger partial charge in [0.1, 0.15) is 0 Å². The van der Waals surface area contributed by atoms with E-state index in [1.165, 1.54) is 5.75 Å². The van der Waals surface area contributed by atoms with Crippen LogP contribution in [0.4, 0.5) is 0 Å².